The molecule has 27 heavy (non-hydrogen) atoms. The van der Waals surface area contributed by atoms with Crippen molar-refractivity contribution in [2.24, 2.45) is 0 Å². The minimum absolute atomic E-state index is 0.0290. The Morgan fingerprint density at radius 2 is 1.56 bits per heavy atom. The molecule has 0 fully saturated rings. The first-order valence-corrected chi connectivity index (χ1v) is 9.21. The van der Waals surface area contributed by atoms with Gasteiger partial charge in [-0.1, -0.05) is 66.6 Å². The van der Waals surface area contributed by atoms with Crippen LogP contribution in [-0.4, -0.2) is 16.1 Å². The number of aliphatic carboxylic acids is 1. The van der Waals surface area contributed by atoms with Gasteiger partial charge in [0.05, 0.1) is 6.20 Å². The molecule has 0 radical (unpaired) electrons. The molecule has 1 aromatic heterocycles. The van der Waals surface area contributed by atoms with E-state index in [0.29, 0.717) is 6.42 Å². The van der Waals surface area contributed by atoms with Crippen molar-refractivity contribution < 1.29 is 14.3 Å². The molecule has 0 spiro atoms. The molecule has 2 aromatic carbocycles. The van der Waals surface area contributed by atoms with Gasteiger partial charge in [0.25, 0.3) is 0 Å². The summed E-state index contributed by atoms with van der Waals surface area (Å²) in [6.07, 6.45) is 3.35. The van der Waals surface area contributed by atoms with Crippen molar-refractivity contribution in [2.45, 2.75) is 44.9 Å². The van der Waals surface area contributed by atoms with Gasteiger partial charge < -0.3 is 9.52 Å². The Morgan fingerprint density at radius 1 is 1.00 bits per heavy atom. The van der Waals surface area contributed by atoms with Gasteiger partial charge in [-0.3, -0.25) is 4.79 Å². The van der Waals surface area contributed by atoms with Gasteiger partial charge in [0.15, 0.2) is 0 Å². The van der Waals surface area contributed by atoms with Crippen molar-refractivity contribution in [3.63, 3.8) is 0 Å². The monoisotopic (exact) mass is 363 g/mol. The molecule has 0 aliphatic carbocycles. The molecule has 3 atom stereocenters. The Bertz CT molecular complexity index is 867. The molecule has 0 aliphatic rings. The number of benzene rings is 2. The molecule has 3 rings (SSSR count). The van der Waals surface area contributed by atoms with Crippen LogP contribution in [0.5, 0.6) is 0 Å². The summed E-state index contributed by atoms with van der Waals surface area (Å²) >= 11 is 0. The van der Waals surface area contributed by atoms with Crippen LogP contribution in [0.3, 0.4) is 0 Å². The first-order chi connectivity index (χ1) is 13.0. The van der Waals surface area contributed by atoms with Crippen molar-refractivity contribution in [3.05, 3.63) is 89.1 Å². The molecule has 0 saturated heterocycles. The predicted octanol–water partition coefficient (Wildman–Crippen LogP) is 5.44. The largest absolute Gasteiger partial charge is 0.481 e. The van der Waals surface area contributed by atoms with Crippen molar-refractivity contribution in [2.75, 3.05) is 0 Å². The van der Waals surface area contributed by atoms with Crippen LogP contribution in [0.4, 0.5) is 0 Å². The number of oxazole rings is 1. The van der Waals surface area contributed by atoms with Crippen molar-refractivity contribution >= 4 is 5.97 Å². The molecule has 0 saturated carbocycles. The van der Waals surface area contributed by atoms with Crippen molar-refractivity contribution in [1.29, 1.82) is 0 Å². The number of carboxylic acids is 1. The SMILES string of the molecule is Cc1ccc(C(C)C(CC(C(=O)O)c2ncco2)c2ccc(C)cc2)cc1. The van der Waals surface area contributed by atoms with E-state index >= 15 is 0 Å². The molecule has 3 unspecified atom stereocenters. The summed E-state index contributed by atoms with van der Waals surface area (Å²) in [7, 11) is 0. The van der Waals surface area contributed by atoms with Gasteiger partial charge in [0.1, 0.15) is 12.2 Å². The smallest absolute Gasteiger partial charge is 0.315 e. The quantitative estimate of drug-likeness (QED) is 0.607. The summed E-state index contributed by atoms with van der Waals surface area (Å²) in [6, 6.07) is 16.8. The summed E-state index contributed by atoms with van der Waals surface area (Å²) < 4.78 is 5.32. The standard InChI is InChI=1S/C23H25NO3/c1-15-4-8-18(9-5-15)17(3)20(19-10-6-16(2)7-11-19)14-21(23(25)26)22-24-12-13-27-22/h4-13,17,20-21H,14H2,1-3H3,(H,25,26). The minimum Gasteiger partial charge on any atom is -0.481 e. The van der Waals surface area contributed by atoms with Crippen LogP contribution in [0.1, 0.15) is 59.2 Å². The normalized spacial score (nSPS) is 14.5. The molecular weight excluding hydrogens is 338 g/mol. The maximum atomic E-state index is 11.9. The van der Waals surface area contributed by atoms with Crippen LogP contribution in [0, 0.1) is 13.8 Å². The first-order valence-electron chi connectivity index (χ1n) is 9.21. The summed E-state index contributed by atoms with van der Waals surface area (Å²) in [5.41, 5.74) is 4.72. The van der Waals surface area contributed by atoms with Gasteiger partial charge in [-0.25, -0.2) is 4.98 Å². The zero-order valence-electron chi connectivity index (χ0n) is 15.9. The molecule has 4 heteroatoms. The van der Waals surface area contributed by atoms with Gasteiger partial charge in [-0.15, -0.1) is 0 Å². The number of hydrogen-bond donors (Lipinski definition) is 1. The maximum Gasteiger partial charge on any atom is 0.315 e. The molecule has 3 aromatic rings. The third kappa shape index (κ3) is 4.45. The molecule has 0 bridgehead atoms. The number of aromatic nitrogens is 1. The summed E-state index contributed by atoms with van der Waals surface area (Å²) in [4.78, 5) is 16.0. The lowest BCUT2D eigenvalue weighted by Crippen LogP contribution is -2.19. The van der Waals surface area contributed by atoms with E-state index in [1.165, 1.54) is 29.2 Å². The Labute approximate surface area is 159 Å². The fourth-order valence-corrected chi connectivity index (χ4v) is 3.51. The molecule has 4 nitrogen and oxygen atoms in total. The fraction of sp³-hybridized carbons (Fsp3) is 0.304. The van der Waals surface area contributed by atoms with E-state index in [1.807, 2.05) is 0 Å². The third-order valence-corrected chi connectivity index (χ3v) is 5.25. The van der Waals surface area contributed by atoms with Crippen LogP contribution in [0.15, 0.2) is 65.4 Å². The number of carboxylic acid groups (broad SMARTS) is 1. The first kappa shape index (κ1) is 18.9. The van der Waals surface area contributed by atoms with E-state index in [2.05, 4.69) is 74.3 Å². The van der Waals surface area contributed by atoms with Gasteiger partial charge >= 0.3 is 5.97 Å². The van der Waals surface area contributed by atoms with E-state index < -0.39 is 11.9 Å². The average molecular weight is 363 g/mol. The van der Waals surface area contributed by atoms with Crippen LogP contribution >= 0.6 is 0 Å². The Morgan fingerprint density at radius 3 is 2.04 bits per heavy atom. The van der Waals surface area contributed by atoms with Gasteiger partial charge in [-0.05, 0) is 43.2 Å². The van der Waals surface area contributed by atoms with E-state index in [-0.39, 0.29) is 17.7 Å². The minimum atomic E-state index is -0.911. The third-order valence-electron chi connectivity index (χ3n) is 5.25. The highest BCUT2D eigenvalue weighted by molar-refractivity contribution is 5.74. The van der Waals surface area contributed by atoms with Crippen LogP contribution in [-0.2, 0) is 4.79 Å². The zero-order chi connectivity index (χ0) is 19.4. The number of nitrogens with zero attached hydrogens (tertiary/aromatic N) is 1. The highest BCUT2D eigenvalue weighted by Crippen LogP contribution is 2.40. The maximum absolute atomic E-state index is 11.9. The van der Waals surface area contributed by atoms with E-state index in [0.717, 1.165) is 5.56 Å². The molecule has 140 valence electrons. The Hall–Kier alpha value is -2.88. The van der Waals surface area contributed by atoms with Crippen molar-refractivity contribution in [1.82, 2.24) is 4.98 Å². The van der Waals surface area contributed by atoms with E-state index in [1.54, 1.807) is 0 Å². The van der Waals surface area contributed by atoms with Crippen LogP contribution in [0.2, 0.25) is 0 Å². The summed E-state index contributed by atoms with van der Waals surface area (Å²) in [6.45, 7) is 6.27. The van der Waals surface area contributed by atoms with E-state index in [4.69, 9.17) is 4.42 Å². The van der Waals surface area contributed by atoms with Gasteiger partial charge in [-0.2, -0.15) is 0 Å². The van der Waals surface area contributed by atoms with Gasteiger partial charge in [0, 0.05) is 0 Å². The highest BCUT2D eigenvalue weighted by atomic mass is 16.4. The van der Waals surface area contributed by atoms with Gasteiger partial charge in [0.2, 0.25) is 5.89 Å². The lowest BCUT2D eigenvalue weighted by molar-refractivity contribution is -0.139. The number of hydrogen-bond acceptors (Lipinski definition) is 3. The second-order valence-electron chi connectivity index (χ2n) is 7.21. The zero-order valence-corrected chi connectivity index (χ0v) is 15.9. The lowest BCUT2D eigenvalue weighted by atomic mass is 9.77. The lowest BCUT2D eigenvalue weighted by Gasteiger charge is -2.27. The number of aryl methyl sites for hydroxylation is 2. The molecule has 0 amide bonds. The topological polar surface area (TPSA) is 63.3 Å². The second kappa shape index (κ2) is 8.21. The average Bonchev–Trinajstić information content (AvgIpc) is 3.18. The second-order valence-corrected chi connectivity index (χ2v) is 7.21. The molecular formula is C23H25NO3. The Balaban J connectivity index is 1.97. The Kier molecular flexibility index (Phi) is 5.75. The molecule has 1 heterocycles. The number of carbonyl (C=O) groups is 1. The summed E-state index contributed by atoms with van der Waals surface area (Å²) in [5, 5.41) is 9.77. The van der Waals surface area contributed by atoms with Crippen molar-refractivity contribution in [3.8, 4) is 0 Å². The number of rotatable bonds is 7. The molecule has 0 aliphatic heterocycles. The van der Waals surface area contributed by atoms with E-state index in [9.17, 15) is 9.90 Å². The highest BCUT2D eigenvalue weighted by Gasteiger charge is 2.32. The summed E-state index contributed by atoms with van der Waals surface area (Å²) in [5.74, 6) is -1.24. The fourth-order valence-electron chi connectivity index (χ4n) is 3.51. The van der Waals surface area contributed by atoms with Crippen LogP contribution in [0.25, 0.3) is 0 Å². The molecule has 1 N–H and O–H groups in total. The van der Waals surface area contributed by atoms with Crippen LogP contribution < -0.4 is 0 Å². The predicted molar refractivity (Wildman–Crippen MR) is 105 cm³/mol.